The van der Waals surface area contributed by atoms with Crippen LogP contribution in [0.3, 0.4) is 0 Å². The first kappa shape index (κ1) is 16.1. The van der Waals surface area contributed by atoms with Crippen molar-refractivity contribution in [2.75, 3.05) is 30.0 Å². The minimum absolute atomic E-state index is 0.217. The maximum Gasteiger partial charge on any atom is 0.319 e. The number of aliphatic hydroxyl groups is 1. The molecule has 106 valence electrons. The zero-order chi connectivity index (χ0) is 14.1. The Bertz CT molecular complexity index is 416. The summed E-state index contributed by atoms with van der Waals surface area (Å²) < 4.78 is 0. The lowest BCUT2D eigenvalue weighted by Crippen LogP contribution is -2.30. The normalized spacial score (nSPS) is 10.3. The van der Waals surface area contributed by atoms with Crippen LogP contribution in [0.4, 0.5) is 10.5 Å². The maximum absolute atomic E-state index is 11.7. The zero-order valence-electron chi connectivity index (χ0n) is 10.9. The molecule has 0 aliphatic carbocycles. The summed E-state index contributed by atoms with van der Waals surface area (Å²) in [5, 5.41) is 14.8. The van der Waals surface area contributed by atoms with Gasteiger partial charge >= 0.3 is 6.03 Å². The second kappa shape index (κ2) is 9.07. The number of halogens is 1. The number of anilines is 1. The van der Waals surface area contributed by atoms with Gasteiger partial charge in [-0.2, -0.15) is 11.8 Å². The van der Waals surface area contributed by atoms with E-state index in [0.29, 0.717) is 11.6 Å². The molecule has 0 heterocycles. The van der Waals surface area contributed by atoms with Gasteiger partial charge in [-0.25, -0.2) is 4.79 Å². The Hall–Kier alpha value is -0.910. The average Bonchev–Trinajstić information content (AvgIpc) is 2.38. The Balaban J connectivity index is 2.25. The molecule has 0 aromatic heterocycles. The van der Waals surface area contributed by atoms with E-state index in [1.54, 1.807) is 23.9 Å². The summed E-state index contributed by atoms with van der Waals surface area (Å²) in [7, 11) is 0. The number of rotatable bonds is 7. The number of thioether (sulfide) groups is 1. The van der Waals surface area contributed by atoms with E-state index >= 15 is 0 Å². The lowest BCUT2D eigenvalue weighted by atomic mass is 10.2. The first-order valence-electron chi connectivity index (χ1n) is 6.13. The Morgan fingerprint density at radius 1 is 1.42 bits per heavy atom. The lowest BCUT2D eigenvalue weighted by Gasteiger charge is -2.10. The van der Waals surface area contributed by atoms with Crippen molar-refractivity contribution in [3.63, 3.8) is 0 Å². The van der Waals surface area contributed by atoms with E-state index in [2.05, 4.69) is 10.6 Å². The summed E-state index contributed by atoms with van der Waals surface area (Å²) in [6.07, 6.45) is 0.790. The fraction of sp³-hybridized carbons (Fsp3) is 0.462. The highest BCUT2D eigenvalue weighted by Crippen LogP contribution is 2.19. The van der Waals surface area contributed by atoms with Crippen molar-refractivity contribution in [3.05, 3.63) is 28.8 Å². The van der Waals surface area contributed by atoms with Gasteiger partial charge in [0.25, 0.3) is 0 Å². The second-order valence-electron chi connectivity index (χ2n) is 4.03. The summed E-state index contributed by atoms with van der Waals surface area (Å²) >= 11 is 7.59. The van der Waals surface area contributed by atoms with Gasteiger partial charge in [-0.1, -0.05) is 17.7 Å². The molecule has 1 aromatic carbocycles. The number of benzene rings is 1. The molecule has 6 heteroatoms. The number of carbonyl (C=O) groups excluding carboxylic acids is 1. The summed E-state index contributed by atoms with van der Waals surface area (Å²) in [5.74, 6) is 1.75. The molecule has 0 bridgehead atoms. The minimum Gasteiger partial charge on any atom is -0.396 e. The van der Waals surface area contributed by atoms with Crippen LogP contribution < -0.4 is 10.6 Å². The number of hydrogen-bond donors (Lipinski definition) is 3. The van der Waals surface area contributed by atoms with Gasteiger partial charge in [-0.15, -0.1) is 0 Å². The van der Waals surface area contributed by atoms with Gasteiger partial charge in [0.2, 0.25) is 0 Å². The first-order chi connectivity index (χ1) is 9.13. The molecule has 0 radical (unpaired) electrons. The maximum atomic E-state index is 11.7. The minimum atomic E-state index is -0.229. The molecule has 0 aliphatic rings. The third-order valence-electron chi connectivity index (χ3n) is 2.43. The average molecular weight is 303 g/mol. The number of aryl methyl sites for hydroxylation is 1. The Kier molecular flexibility index (Phi) is 7.70. The molecule has 2 amide bonds. The SMILES string of the molecule is Cc1ccc(Cl)cc1NC(=O)NCCSCCCO. The predicted octanol–water partition coefficient (Wildman–Crippen LogP) is 2.89. The van der Waals surface area contributed by atoms with E-state index in [-0.39, 0.29) is 12.6 Å². The van der Waals surface area contributed by atoms with E-state index in [1.165, 1.54) is 0 Å². The van der Waals surface area contributed by atoms with Crippen molar-refractivity contribution in [2.45, 2.75) is 13.3 Å². The number of amides is 2. The molecule has 0 saturated carbocycles. The van der Waals surface area contributed by atoms with E-state index in [1.807, 2.05) is 13.0 Å². The highest BCUT2D eigenvalue weighted by molar-refractivity contribution is 7.99. The fourth-order valence-electron chi connectivity index (χ4n) is 1.40. The van der Waals surface area contributed by atoms with Crippen LogP contribution in [0, 0.1) is 6.92 Å². The molecule has 1 rings (SSSR count). The number of aliphatic hydroxyl groups excluding tert-OH is 1. The van der Waals surface area contributed by atoms with Gasteiger partial charge in [0.1, 0.15) is 0 Å². The number of urea groups is 1. The van der Waals surface area contributed by atoms with Crippen LogP contribution in [0.15, 0.2) is 18.2 Å². The van der Waals surface area contributed by atoms with Crippen molar-refractivity contribution in [3.8, 4) is 0 Å². The predicted molar refractivity (Wildman–Crippen MR) is 82.2 cm³/mol. The molecular formula is C13H19ClN2O2S. The van der Waals surface area contributed by atoms with Crippen molar-refractivity contribution in [1.82, 2.24) is 5.32 Å². The van der Waals surface area contributed by atoms with Gasteiger partial charge in [0.05, 0.1) is 0 Å². The lowest BCUT2D eigenvalue weighted by molar-refractivity contribution is 0.252. The van der Waals surface area contributed by atoms with Crippen LogP contribution in [0.1, 0.15) is 12.0 Å². The third kappa shape index (κ3) is 6.71. The van der Waals surface area contributed by atoms with Crippen molar-refractivity contribution < 1.29 is 9.90 Å². The van der Waals surface area contributed by atoms with Crippen LogP contribution in [0.25, 0.3) is 0 Å². The highest BCUT2D eigenvalue weighted by Gasteiger charge is 2.04. The van der Waals surface area contributed by atoms with Gasteiger partial charge in [0, 0.05) is 29.6 Å². The molecule has 0 atom stereocenters. The third-order valence-corrected chi connectivity index (χ3v) is 3.73. The van der Waals surface area contributed by atoms with Crippen molar-refractivity contribution in [2.24, 2.45) is 0 Å². The van der Waals surface area contributed by atoms with Crippen LogP contribution in [-0.4, -0.2) is 35.8 Å². The van der Waals surface area contributed by atoms with Gasteiger partial charge < -0.3 is 15.7 Å². The molecule has 0 spiro atoms. The number of carbonyl (C=O) groups is 1. The van der Waals surface area contributed by atoms with Gasteiger partial charge in [-0.3, -0.25) is 0 Å². The topological polar surface area (TPSA) is 61.4 Å². The molecular weight excluding hydrogens is 284 g/mol. The van der Waals surface area contributed by atoms with Crippen LogP contribution >= 0.6 is 23.4 Å². The number of hydrogen-bond acceptors (Lipinski definition) is 3. The Morgan fingerprint density at radius 3 is 2.95 bits per heavy atom. The standard InChI is InChI=1S/C13H19ClN2O2S/c1-10-3-4-11(14)9-12(10)16-13(18)15-5-8-19-7-2-6-17/h3-4,9,17H,2,5-8H2,1H3,(H2,15,16,18). The highest BCUT2D eigenvalue weighted by atomic mass is 35.5. The monoisotopic (exact) mass is 302 g/mol. The van der Waals surface area contributed by atoms with Crippen molar-refractivity contribution in [1.29, 1.82) is 0 Å². The molecule has 0 aliphatic heterocycles. The van der Waals surface area contributed by atoms with Crippen LogP contribution in [0.5, 0.6) is 0 Å². The van der Waals surface area contributed by atoms with Crippen LogP contribution in [-0.2, 0) is 0 Å². The molecule has 19 heavy (non-hydrogen) atoms. The summed E-state index contributed by atoms with van der Waals surface area (Å²) in [6, 6.07) is 5.15. The largest absolute Gasteiger partial charge is 0.396 e. The number of nitrogens with one attached hydrogen (secondary N) is 2. The Labute approximate surface area is 122 Å². The zero-order valence-corrected chi connectivity index (χ0v) is 12.5. The molecule has 4 nitrogen and oxygen atoms in total. The Morgan fingerprint density at radius 2 is 2.21 bits per heavy atom. The van der Waals surface area contributed by atoms with E-state index in [0.717, 1.165) is 29.2 Å². The molecule has 1 aromatic rings. The van der Waals surface area contributed by atoms with Crippen molar-refractivity contribution >= 4 is 35.1 Å². The molecule has 0 unspecified atom stereocenters. The summed E-state index contributed by atoms with van der Waals surface area (Å²) in [6.45, 7) is 2.73. The summed E-state index contributed by atoms with van der Waals surface area (Å²) in [5.41, 5.74) is 1.69. The van der Waals surface area contributed by atoms with E-state index < -0.39 is 0 Å². The summed E-state index contributed by atoms with van der Waals surface area (Å²) in [4.78, 5) is 11.7. The van der Waals surface area contributed by atoms with Crippen LogP contribution in [0.2, 0.25) is 5.02 Å². The molecule has 0 saturated heterocycles. The molecule has 0 fully saturated rings. The second-order valence-corrected chi connectivity index (χ2v) is 5.69. The smallest absolute Gasteiger partial charge is 0.319 e. The van der Waals surface area contributed by atoms with E-state index in [9.17, 15) is 4.79 Å². The van der Waals surface area contributed by atoms with Gasteiger partial charge in [0.15, 0.2) is 0 Å². The molecule has 3 N–H and O–H groups in total. The fourth-order valence-corrected chi connectivity index (χ4v) is 2.36. The van der Waals surface area contributed by atoms with E-state index in [4.69, 9.17) is 16.7 Å². The quantitative estimate of drug-likeness (QED) is 0.679. The first-order valence-corrected chi connectivity index (χ1v) is 7.66. The van der Waals surface area contributed by atoms with Gasteiger partial charge in [-0.05, 0) is 36.8 Å².